The predicted molar refractivity (Wildman–Crippen MR) is 63.9 cm³/mol. The molecule has 0 amide bonds. The number of hydrogen-bond acceptors (Lipinski definition) is 4. The zero-order valence-electron chi connectivity index (χ0n) is 9.44. The van der Waals surface area contributed by atoms with Crippen molar-refractivity contribution >= 4 is 12.4 Å². The van der Waals surface area contributed by atoms with E-state index in [-0.39, 0.29) is 31.7 Å². The van der Waals surface area contributed by atoms with Crippen LogP contribution in [0, 0.1) is 0 Å². The average molecular weight is 264 g/mol. The monoisotopic (exact) mass is 263 g/mol. The summed E-state index contributed by atoms with van der Waals surface area (Å²) in [7, 11) is 1.54. The van der Waals surface area contributed by atoms with Crippen LogP contribution in [0.2, 0.25) is 0 Å². The van der Waals surface area contributed by atoms with Gasteiger partial charge in [0, 0.05) is 6.04 Å². The van der Waals surface area contributed by atoms with Gasteiger partial charge in [-0.25, -0.2) is 0 Å². The van der Waals surface area contributed by atoms with Crippen LogP contribution in [0.3, 0.4) is 0 Å². The van der Waals surface area contributed by atoms with E-state index < -0.39 is 6.67 Å². The molecule has 0 unspecified atom stereocenters. The largest absolute Gasteiger partial charge is 0.493 e. The molecule has 1 atom stereocenters. The van der Waals surface area contributed by atoms with Crippen molar-refractivity contribution in [3.63, 3.8) is 0 Å². The van der Waals surface area contributed by atoms with Crippen molar-refractivity contribution in [1.29, 1.82) is 0 Å². The maximum atomic E-state index is 12.2. The molecule has 0 spiro atoms. The number of halogens is 2. The van der Waals surface area contributed by atoms with Crippen LogP contribution in [0.4, 0.5) is 4.39 Å². The van der Waals surface area contributed by atoms with Gasteiger partial charge in [-0.3, -0.25) is 4.39 Å². The molecule has 1 aromatic carbocycles. The summed E-state index contributed by atoms with van der Waals surface area (Å²) in [6, 6.07) is 3.17. The van der Waals surface area contributed by atoms with Gasteiger partial charge in [-0.1, -0.05) is 0 Å². The second kappa shape index (κ2) is 5.93. The first kappa shape index (κ1) is 13.9. The lowest BCUT2D eigenvalue weighted by atomic mass is 10.0. The Kier molecular flexibility index (Phi) is 4.84. The zero-order valence-corrected chi connectivity index (χ0v) is 10.3. The Morgan fingerprint density at radius 1 is 1.47 bits per heavy atom. The van der Waals surface area contributed by atoms with Crippen molar-refractivity contribution < 1.29 is 18.6 Å². The van der Waals surface area contributed by atoms with Gasteiger partial charge < -0.3 is 19.9 Å². The number of hydrogen-bond donors (Lipinski definition) is 1. The minimum absolute atomic E-state index is 0. The number of benzene rings is 1. The van der Waals surface area contributed by atoms with Gasteiger partial charge >= 0.3 is 0 Å². The first-order valence-electron chi connectivity index (χ1n) is 5.05. The minimum Gasteiger partial charge on any atom is -0.493 e. The third-order valence-electron chi connectivity index (χ3n) is 2.53. The van der Waals surface area contributed by atoms with Crippen LogP contribution in [0.25, 0.3) is 0 Å². The molecule has 4 nitrogen and oxygen atoms in total. The smallest absolute Gasteiger partial charge is 0.231 e. The third-order valence-corrected chi connectivity index (χ3v) is 2.53. The molecule has 0 saturated carbocycles. The predicted octanol–water partition coefficient (Wildman–Crippen LogP) is 2.21. The first-order chi connectivity index (χ1) is 7.76. The molecule has 0 bridgehead atoms. The van der Waals surface area contributed by atoms with E-state index in [0.29, 0.717) is 17.2 Å². The molecule has 17 heavy (non-hydrogen) atoms. The molecule has 0 fully saturated rings. The van der Waals surface area contributed by atoms with E-state index in [0.717, 1.165) is 5.56 Å². The lowest BCUT2D eigenvalue weighted by Crippen LogP contribution is -2.11. The number of alkyl halides is 1. The molecule has 1 aliphatic heterocycles. The van der Waals surface area contributed by atoms with E-state index >= 15 is 0 Å². The van der Waals surface area contributed by atoms with Crippen LogP contribution in [0.1, 0.15) is 18.0 Å². The van der Waals surface area contributed by atoms with Gasteiger partial charge in [0.25, 0.3) is 0 Å². The Bertz CT molecular complexity index is 389. The lowest BCUT2D eigenvalue weighted by Gasteiger charge is -2.12. The Labute approximate surface area is 105 Å². The van der Waals surface area contributed by atoms with Crippen LogP contribution in [0.15, 0.2) is 12.1 Å². The fourth-order valence-corrected chi connectivity index (χ4v) is 1.65. The van der Waals surface area contributed by atoms with Gasteiger partial charge in [0.1, 0.15) is 0 Å². The normalized spacial score (nSPS) is 14.1. The SMILES string of the molecule is COc1cc([C@@H](N)CCF)cc2c1OCO2.Cl. The fourth-order valence-electron chi connectivity index (χ4n) is 1.65. The topological polar surface area (TPSA) is 53.7 Å². The zero-order chi connectivity index (χ0) is 11.5. The van der Waals surface area contributed by atoms with Gasteiger partial charge in [-0.05, 0) is 24.1 Å². The van der Waals surface area contributed by atoms with E-state index in [9.17, 15) is 4.39 Å². The molecule has 6 heteroatoms. The molecule has 1 aromatic rings. The minimum atomic E-state index is -0.447. The molecular weight excluding hydrogens is 249 g/mol. The Morgan fingerprint density at radius 2 is 2.24 bits per heavy atom. The molecule has 0 saturated heterocycles. The summed E-state index contributed by atoms with van der Waals surface area (Å²) < 4.78 is 27.9. The quantitative estimate of drug-likeness (QED) is 0.905. The van der Waals surface area contributed by atoms with E-state index in [1.54, 1.807) is 19.2 Å². The molecule has 96 valence electrons. The van der Waals surface area contributed by atoms with Crippen molar-refractivity contribution in [3.05, 3.63) is 17.7 Å². The van der Waals surface area contributed by atoms with E-state index in [1.807, 2.05) is 0 Å². The van der Waals surface area contributed by atoms with Crippen LogP contribution >= 0.6 is 12.4 Å². The second-order valence-electron chi connectivity index (χ2n) is 3.54. The summed E-state index contributed by atoms with van der Waals surface area (Å²) in [5, 5.41) is 0. The van der Waals surface area contributed by atoms with Gasteiger partial charge in [0.2, 0.25) is 12.5 Å². The standard InChI is InChI=1S/C11H14FNO3.ClH/c1-14-9-4-7(8(13)2-3-12)5-10-11(9)16-6-15-10;/h4-5,8H,2-3,6,13H2,1H3;1H/t8-;/m0./s1. The molecule has 2 rings (SSSR count). The van der Waals surface area contributed by atoms with Gasteiger partial charge in [-0.2, -0.15) is 0 Å². The Morgan fingerprint density at radius 3 is 2.88 bits per heavy atom. The Balaban J connectivity index is 0.00000144. The molecular formula is C11H15ClFNO3. The van der Waals surface area contributed by atoms with Gasteiger partial charge in [-0.15, -0.1) is 12.4 Å². The summed E-state index contributed by atoms with van der Waals surface area (Å²) in [6.45, 7) is -0.272. The van der Waals surface area contributed by atoms with Crippen LogP contribution in [-0.2, 0) is 0 Å². The Hall–Kier alpha value is -1.20. The van der Waals surface area contributed by atoms with Crippen LogP contribution in [0.5, 0.6) is 17.2 Å². The van der Waals surface area contributed by atoms with Crippen LogP contribution in [-0.4, -0.2) is 20.6 Å². The van der Waals surface area contributed by atoms with Crippen molar-refractivity contribution in [1.82, 2.24) is 0 Å². The van der Waals surface area contributed by atoms with E-state index in [4.69, 9.17) is 19.9 Å². The van der Waals surface area contributed by atoms with Crippen molar-refractivity contribution in [3.8, 4) is 17.2 Å². The second-order valence-corrected chi connectivity index (χ2v) is 3.54. The number of ether oxygens (including phenoxy) is 3. The number of fused-ring (bicyclic) bond motifs is 1. The maximum Gasteiger partial charge on any atom is 0.231 e. The number of rotatable bonds is 4. The molecule has 1 heterocycles. The van der Waals surface area contributed by atoms with Crippen molar-refractivity contribution in [2.45, 2.75) is 12.5 Å². The highest BCUT2D eigenvalue weighted by Crippen LogP contribution is 2.42. The number of nitrogens with two attached hydrogens (primary N) is 1. The average Bonchev–Trinajstić information content (AvgIpc) is 2.75. The van der Waals surface area contributed by atoms with Gasteiger partial charge in [0.15, 0.2) is 11.5 Å². The third kappa shape index (κ3) is 2.73. The highest BCUT2D eigenvalue weighted by molar-refractivity contribution is 5.85. The maximum absolute atomic E-state index is 12.2. The van der Waals surface area contributed by atoms with Crippen molar-refractivity contribution in [2.24, 2.45) is 5.73 Å². The number of methoxy groups -OCH3 is 1. The van der Waals surface area contributed by atoms with Gasteiger partial charge in [0.05, 0.1) is 13.8 Å². The van der Waals surface area contributed by atoms with E-state index in [2.05, 4.69) is 0 Å². The fraction of sp³-hybridized carbons (Fsp3) is 0.455. The summed E-state index contributed by atoms with van der Waals surface area (Å²) in [4.78, 5) is 0. The summed E-state index contributed by atoms with van der Waals surface area (Å²) in [6.07, 6.45) is 0.281. The molecule has 0 radical (unpaired) electrons. The summed E-state index contributed by atoms with van der Waals surface area (Å²) in [5.41, 5.74) is 6.62. The molecule has 0 aliphatic carbocycles. The summed E-state index contributed by atoms with van der Waals surface area (Å²) in [5.74, 6) is 1.75. The first-order valence-corrected chi connectivity index (χ1v) is 5.05. The lowest BCUT2D eigenvalue weighted by molar-refractivity contribution is 0.171. The highest BCUT2D eigenvalue weighted by atomic mass is 35.5. The summed E-state index contributed by atoms with van der Waals surface area (Å²) >= 11 is 0. The molecule has 1 aliphatic rings. The molecule has 2 N–H and O–H groups in total. The van der Waals surface area contributed by atoms with E-state index in [1.165, 1.54) is 0 Å². The van der Waals surface area contributed by atoms with Crippen LogP contribution < -0.4 is 19.9 Å². The van der Waals surface area contributed by atoms with Crippen molar-refractivity contribution in [2.75, 3.05) is 20.6 Å². The molecule has 0 aromatic heterocycles. The highest BCUT2D eigenvalue weighted by Gasteiger charge is 2.21.